The molecule has 0 aromatic carbocycles. The van der Waals surface area contributed by atoms with Crippen LogP contribution in [0.2, 0.25) is 0 Å². The lowest BCUT2D eigenvalue weighted by atomic mass is 9.74. The van der Waals surface area contributed by atoms with Crippen LogP contribution in [0.15, 0.2) is 18.3 Å². The van der Waals surface area contributed by atoms with E-state index in [0.717, 1.165) is 19.4 Å². The second-order valence-corrected chi connectivity index (χ2v) is 5.80. The standard InChI is InChI=1S/C15H19N3O2/c1-15(2,14(19)20)12-6-4-8-18(10-12)13-11(9-16)5-3-7-17-13/h3,5,7,12H,4,6,8,10H2,1-2H3,(H,19,20). The number of rotatable bonds is 3. The number of carboxylic acid groups (broad SMARTS) is 1. The molecule has 2 heterocycles. The zero-order valence-corrected chi connectivity index (χ0v) is 11.8. The second kappa shape index (κ2) is 5.49. The second-order valence-electron chi connectivity index (χ2n) is 5.80. The average Bonchev–Trinajstić information content (AvgIpc) is 2.47. The van der Waals surface area contributed by atoms with Crippen molar-refractivity contribution >= 4 is 11.8 Å². The molecular weight excluding hydrogens is 254 g/mol. The first-order valence-electron chi connectivity index (χ1n) is 6.80. The third kappa shape index (κ3) is 2.60. The van der Waals surface area contributed by atoms with Crippen molar-refractivity contribution in [3.05, 3.63) is 23.9 Å². The fourth-order valence-electron chi connectivity index (χ4n) is 2.67. The van der Waals surface area contributed by atoms with Crippen LogP contribution in [0, 0.1) is 22.7 Å². The van der Waals surface area contributed by atoms with Crippen molar-refractivity contribution in [2.45, 2.75) is 26.7 Å². The van der Waals surface area contributed by atoms with Gasteiger partial charge < -0.3 is 10.0 Å². The average molecular weight is 273 g/mol. The maximum atomic E-state index is 11.4. The molecule has 0 bridgehead atoms. The van der Waals surface area contributed by atoms with Crippen LogP contribution in [0.4, 0.5) is 5.82 Å². The van der Waals surface area contributed by atoms with Crippen LogP contribution in [-0.2, 0) is 4.79 Å². The van der Waals surface area contributed by atoms with Crippen LogP contribution in [0.5, 0.6) is 0 Å². The third-order valence-electron chi connectivity index (χ3n) is 4.20. The number of aliphatic carboxylic acids is 1. The zero-order chi connectivity index (χ0) is 14.8. The maximum absolute atomic E-state index is 11.4. The van der Waals surface area contributed by atoms with E-state index in [4.69, 9.17) is 5.26 Å². The van der Waals surface area contributed by atoms with E-state index in [2.05, 4.69) is 11.1 Å². The molecule has 1 aromatic rings. The summed E-state index contributed by atoms with van der Waals surface area (Å²) in [6.45, 7) is 4.99. The molecule has 1 aromatic heterocycles. The molecule has 1 unspecified atom stereocenters. The van der Waals surface area contributed by atoms with Crippen molar-refractivity contribution in [1.82, 2.24) is 4.98 Å². The lowest BCUT2D eigenvalue weighted by Crippen LogP contribution is -2.45. The number of hydrogen-bond acceptors (Lipinski definition) is 4. The first-order valence-corrected chi connectivity index (χ1v) is 6.80. The first kappa shape index (κ1) is 14.3. The molecule has 20 heavy (non-hydrogen) atoms. The van der Waals surface area contributed by atoms with Gasteiger partial charge in [0, 0.05) is 19.3 Å². The van der Waals surface area contributed by atoms with Crippen molar-refractivity contribution < 1.29 is 9.90 Å². The van der Waals surface area contributed by atoms with Crippen LogP contribution in [0.25, 0.3) is 0 Å². The van der Waals surface area contributed by atoms with Gasteiger partial charge in [-0.2, -0.15) is 5.26 Å². The highest BCUT2D eigenvalue weighted by Gasteiger charge is 2.39. The SMILES string of the molecule is CC(C)(C(=O)O)C1CCCN(c2ncccc2C#N)C1. The molecule has 1 fully saturated rings. The summed E-state index contributed by atoms with van der Waals surface area (Å²) >= 11 is 0. The van der Waals surface area contributed by atoms with Crippen LogP contribution in [0.3, 0.4) is 0 Å². The predicted molar refractivity (Wildman–Crippen MR) is 75.3 cm³/mol. The maximum Gasteiger partial charge on any atom is 0.309 e. The summed E-state index contributed by atoms with van der Waals surface area (Å²) in [4.78, 5) is 17.7. The van der Waals surface area contributed by atoms with Gasteiger partial charge in [0.15, 0.2) is 0 Å². The highest BCUT2D eigenvalue weighted by Crippen LogP contribution is 2.35. The van der Waals surface area contributed by atoms with E-state index >= 15 is 0 Å². The number of hydrogen-bond donors (Lipinski definition) is 1. The molecule has 106 valence electrons. The van der Waals surface area contributed by atoms with Gasteiger partial charge in [-0.15, -0.1) is 0 Å². The molecule has 0 amide bonds. The van der Waals surface area contributed by atoms with Gasteiger partial charge in [-0.05, 0) is 44.7 Å². The fraction of sp³-hybridized carbons (Fsp3) is 0.533. The summed E-state index contributed by atoms with van der Waals surface area (Å²) in [6.07, 6.45) is 3.48. The number of carbonyl (C=O) groups is 1. The minimum Gasteiger partial charge on any atom is -0.481 e. The molecule has 1 saturated heterocycles. The number of piperidine rings is 1. The Morgan fingerprint density at radius 1 is 1.60 bits per heavy atom. The number of anilines is 1. The molecule has 5 heteroatoms. The molecule has 1 aliphatic heterocycles. The lowest BCUT2D eigenvalue weighted by molar-refractivity contribution is -0.150. The summed E-state index contributed by atoms with van der Waals surface area (Å²) in [5.74, 6) is -0.0472. The molecule has 0 aliphatic carbocycles. The number of pyridine rings is 1. The molecule has 1 N–H and O–H groups in total. The van der Waals surface area contributed by atoms with Gasteiger partial charge in [0.05, 0.1) is 11.0 Å². The van der Waals surface area contributed by atoms with Crippen LogP contribution < -0.4 is 4.90 Å². The third-order valence-corrected chi connectivity index (χ3v) is 4.20. The Morgan fingerprint density at radius 2 is 2.35 bits per heavy atom. The highest BCUT2D eigenvalue weighted by atomic mass is 16.4. The van der Waals surface area contributed by atoms with E-state index < -0.39 is 11.4 Å². The molecule has 0 radical (unpaired) electrons. The molecule has 1 aliphatic rings. The van der Waals surface area contributed by atoms with Crippen molar-refractivity contribution in [2.75, 3.05) is 18.0 Å². The molecule has 0 spiro atoms. The van der Waals surface area contributed by atoms with Crippen LogP contribution in [-0.4, -0.2) is 29.1 Å². The minimum absolute atomic E-state index is 0.0577. The first-order chi connectivity index (χ1) is 9.46. The van der Waals surface area contributed by atoms with Crippen LogP contribution >= 0.6 is 0 Å². The zero-order valence-electron chi connectivity index (χ0n) is 11.8. The van der Waals surface area contributed by atoms with Gasteiger partial charge in [-0.1, -0.05) is 0 Å². The highest BCUT2D eigenvalue weighted by molar-refractivity contribution is 5.74. The van der Waals surface area contributed by atoms with E-state index in [1.807, 2.05) is 4.90 Å². The molecule has 0 saturated carbocycles. The Hall–Kier alpha value is -2.09. The van der Waals surface area contributed by atoms with Gasteiger partial charge in [-0.25, -0.2) is 4.98 Å². The van der Waals surface area contributed by atoms with Crippen molar-refractivity contribution in [3.8, 4) is 6.07 Å². The largest absolute Gasteiger partial charge is 0.481 e. The van der Waals surface area contributed by atoms with E-state index in [1.165, 1.54) is 0 Å². The molecule has 5 nitrogen and oxygen atoms in total. The topological polar surface area (TPSA) is 77.2 Å². The Labute approximate surface area is 118 Å². The van der Waals surface area contributed by atoms with Gasteiger partial charge in [0.1, 0.15) is 11.9 Å². The smallest absolute Gasteiger partial charge is 0.309 e. The Kier molecular flexibility index (Phi) is 3.93. The Morgan fingerprint density at radius 3 is 3.00 bits per heavy atom. The quantitative estimate of drug-likeness (QED) is 0.914. The number of carboxylic acids is 1. The fourth-order valence-corrected chi connectivity index (χ4v) is 2.67. The summed E-state index contributed by atoms with van der Waals surface area (Å²) < 4.78 is 0. The number of aromatic nitrogens is 1. The Balaban J connectivity index is 2.24. The summed E-state index contributed by atoms with van der Waals surface area (Å²) in [6, 6.07) is 5.63. The monoisotopic (exact) mass is 273 g/mol. The molecular formula is C15H19N3O2. The summed E-state index contributed by atoms with van der Waals surface area (Å²) in [5, 5.41) is 18.5. The van der Waals surface area contributed by atoms with Crippen molar-refractivity contribution in [3.63, 3.8) is 0 Å². The van der Waals surface area contributed by atoms with Gasteiger partial charge >= 0.3 is 5.97 Å². The van der Waals surface area contributed by atoms with Crippen LogP contribution in [0.1, 0.15) is 32.3 Å². The summed E-state index contributed by atoms with van der Waals surface area (Å²) in [7, 11) is 0. The van der Waals surface area contributed by atoms with E-state index in [9.17, 15) is 9.90 Å². The van der Waals surface area contributed by atoms with Gasteiger partial charge in [-0.3, -0.25) is 4.79 Å². The van der Waals surface area contributed by atoms with E-state index in [-0.39, 0.29) is 5.92 Å². The minimum atomic E-state index is -0.772. The van der Waals surface area contributed by atoms with Gasteiger partial charge in [0.2, 0.25) is 0 Å². The summed E-state index contributed by atoms with van der Waals surface area (Å²) in [5.41, 5.74) is -0.221. The number of nitrogens with zero attached hydrogens (tertiary/aromatic N) is 3. The predicted octanol–water partition coefficient (Wildman–Crippen LogP) is 2.28. The Bertz CT molecular complexity index is 548. The van der Waals surface area contributed by atoms with E-state index in [1.54, 1.807) is 32.2 Å². The molecule has 1 atom stereocenters. The van der Waals surface area contributed by atoms with Gasteiger partial charge in [0.25, 0.3) is 0 Å². The normalized spacial score (nSPS) is 19.4. The van der Waals surface area contributed by atoms with E-state index in [0.29, 0.717) is 17.9 Å². The molecule has 2 rings (SSSR count). The number of nitriles is 1. The van der Waals surface area contributed by atoms with Crippen molar-refractivity contribution in [2.24, 2.45) is 11.3 Å². The van der Waals surface area contributed by atoms with Crippen molar-refractivity contribution in [1.29, 1.82) is 5.26 Å². The lowest BCUT2D eigenvalue weighted by Gasteiger charge is -2.39.